The van der Waals surface area contributed by atoms with Crippen LogP contribution in [0.5, 0.6) is 0 Å². The summed E-state index contributed by atoms with van der Waals surface area (Å²) in [5.41, 5.74) is 0. The minimum Gasteiger partial charge on any atom is -0.234 e. The number of imidazole rings is 1. The zero-order chi connectivity index (χ0) is 9.14. The summed E-state index contributed by atoms with van der Waals surface area (Å²) >= 11 is 0. The maximum atomic E-state index is 2.31. The molecule has 12 heavy (non-hydrogen) atoms. The number of rotatable bonds is 3. The Labute approximate surface area is 74.8 Å². The molecule has 0 saturated heterocycles. The second-order valence-corrected chi connectivity index (χ2v) is 3.54. The maximum absolute atomic E-state index is 2.31. The Morgan fingerprint density at radius 1 is 1.50 bits per heavy atom. The fraction of sp³-hybridized carbons (Fsp3) is 0.700. The van der Waals surface area contributed by atoms with Gasteiger partial charge in [0.05, 0.1) is 12.6 Å². The standard InChI is InChI=1S/C10H19N2/c1-5-6-11-7-8-12(9(2)3)10(11)4/h7-9H,5-6H2,1-4H3/q+1. The Kier molecular flexibility index (Phi) is 2.90. The molecule has 1 aromatic rings. The number of aromatic nitrogens is 2. The van der Waals surface area contributed by atoms with Gasteiger partial charge in [-0.3, -0.25) is 0 Å². The van der Waals surface area contributed by atoms with Gasteiger partial charge in [-0.2, -0.15) is 0 Å². The molecule has 0 radical (unpaired) electrons. The molecule has 0 saturated carbocycles. The van der Waals surface area contributed by atoms with Crippen LogP contribution in [0.2, 0.25) is 0 Å². The molecule has 1 heterocycles. The van der Waals surface area contributed by atoms with E-state index < -0.39 is 0 Å². The third-order valence-corrected chi connectivity index (χ3v) is 2.22. The van der Waals surface area contributed by atoms with Crippen LogP contribution in [-0.4, -0.2) is 4.57 Å². The van der Waals surface area contributed by atoms with Gasteiger partial charge in [0.1, 0.15) is 12.4 Å². The number of hydrogen-bond acceptors (Lipinski definition) is 0. The van der Waals surface area contributed by atoms with E-state index in [1.54, 1.807) is 0 Å². The Morgan fingerprint density at radius 2 is 2.17 bits per heavy atom. The summed E-state index contributed by atoms with van der Waals surface area (Å²) < 4.78 is 4.61. The summed E-state index contributed by atoms with van der Waals surface area (Å²) in [5, 5.41) is 0. The highest BCUT2D eigenvalue weighted by atomic mass is 15.2. The quantitative estimate of drug-likeness (QED) is 0.609. The first-order valence-electron chi connectivity index (χ1n) is 4.73. The molecule has 1 aromatic heterocycles. The molecule has 0 N–H and O–H groups in total. The van der Waals surface area contributed by atoms with E-state index in [9.17, 15) is 0 Å². The van der Waals surface area contributed by atoms with Crippen LogP contribution in [0, 0.1) is 6.92 Å². The van der Waals surface area contributed by atoms with E-state index in [2.05, 4.69) is 49.2 Å². The van der Waals surface area contributed by atoms with Gasteiger partial charge in [0, 0.05) is 6.92 Å². The molecule has 0 aliphatic heterocycles. The monoisotopic (exact) mass is 167 g/mol. The summed E-state index contributed by atoms with van der Waals surface area (Å²) in [6, 6.07) is 0.572. The average molecular weight is 167 g/mol. The fourth-order valence-corrected chi connectivity index (χ4v) is 1.54. The molecule has 0 fully saturated rings. The van der Waals surface area contributed by atoms with Crippen molar-refractivity contribution in [3.8, 4) is 0 Å². The van der Waals surface area contributed by atoms with Crippen LogP contribution in [0.4, 0.5) is 0 Å². The van der Waals surface area contributed by atoms with Gasteiger partial charge in [0.25, 0.3) is 5.82 Å². The van der Waals surface area contributed by atoms with Gasteiger partial charge in [0.2, 0.25) is 0 Å². The van der Waals surface area contributed by atoms with E-state index in [0.717, 1.165) is 6.54 Å². The molecule has 0 atom stereocenters. The van der Waals surface area contributed by atoms with Crippen molar-refractivity contribution < 1.29 is 4.57 Å². The van der Waals surface area contributed by atoms with Gasteiger partial charge >= 0.3 is 0 Å². The summed E-state index contributed by atoms with van der Waals surface area (Å²) in [5.74, 6) is 1.35. The van der Waals surface area contributed by atoms with Crippen molar-refractivity contribution in [3.63, 3.8) is 0 Å². The number of hydrogen-bond donors (Lipinski definition) is 0. The molecule has 0 unspecified atom stereocenters. The number of aryl methyl sites for hydroxylation is 1. The molecule has 2 heteroatoms. The molecule has 0 aliphatic rings. The third kappa shape index (κ3) is 1.68. The van der Waals surface area contributed by atoms with Gasteiger partial charge in [-0.15, -0.1) is 0 Å². The Hall–Kier alpha value is -0.790. The van der Waals surface area contributed by atoms with E-state index >= 15 is 0 Å². The van der Waals surface area contributed by atoms with E-state index in [4.69, 9.17) is 0 Å². The third-order valence-electron chi connectivity index (χ3n) is 2.22. The second kappa shape index (κ2) is 3.74. The Bertz CT molecular complexity index is 248. The topological polar surface area (TPSA) is 8.81 Å². The Balaban J connectivity index is 2.88. The maximum Gasteiger partial charge on any atom is 0.253 e. The van der Waals surface area contributed by atoms with Crippen molar-refractivity contribution in [2.45, 2.75) is 46.7 Å². The van der Waals surface area contributed by atoms with Crippen molar-refractivity contribution in [2.24, 2.45) is 0 Å². The molecule has 0 spiro atoms. The van der Waals surface area contributed by atoms with E-state index in [1.807, 2.05) is 0 Å². The highest BCUT2D eigenvalue weighted by molar-refractivity contribution is 4.82. The van der Waals surface area contributed by atoms with Crippen LogP contribution in [0.15, 0.2) is 12.4 Å². The first-order valence-corrected chi connectivity index (χ1v) is 4.73. The minimum atomic E-state index is 0.572. The molecule has 1 rings (SSSR count). The van der Waals surface area contributed by atoms with Gasteiger partial charge in [-0.25, -0.2) is 9.13 Å². The van der Waals surface area contributed by atoms with Crippen molar-refractivity contribution in [1.82, 2.24) is 4.57 Å². The van der Waals surface area contributed by atoms with Crippen molar-refractivity contribution >= 4 is 0 Å². The summed E-state index contributed by atoms with van der Waals surface area (Å²) in [6.07, 6.45) is 5.53. The zero-order valence-corrected chi connectivity index (χ0v) is 8.54. The molecule has 2 nitrogen and oxygen atoms in total. The lowest BCUT2D eigenvalue weighted by Gasteiger charge is -2.02. The summed E-state index contributed by atoms with van der Waals surface area (Å²) in [4.78, 5) is 0. The van der Waals surface area contributed by atoms with Gasteiger partial charge in [-0.1, -0.05) is 6.92 Å². The van der Waals surface area contributed by atoms with E-state index in [0.29, 0.717) is 6.04 Å². The van der Waals surface area contributed by atoms with Gasteiger partial charge in [0.15, 0.2) is 0 Å². The SMILES string of the molecule is CCC[n+]1ccn(C(C)C)c1C. The highest BCUT2D eigenvalue weighted by Crippen LogP contribution is 2.05. The molecule has 68 valence electrons. The van der Waals surface area contributed by atoms with Crippen LogP contribution in [0.3, 0.4) is 0 Å². The lowest BCUT2D eigenvalue weighted by molar-refractivity contribution is -0.702. The van der Waals surface area contributed by atoms with Crippen molar-refractivity contribution in [2.75, 3.05) is 0 Å². The largest absolute Gasteiger partial charge is 0.253 e. The molecular formula is C10H19N2+. The fourth-order valence-electron chi connectivity index (χ4n) is 1.54. The van der Waals surface area contributed by atoms with Crippen molar-refractivity contribution in [1.29, 1.82) is 0 Å². The summed E-state index contributed by atoms with van der Waals surface area (Å²) in [6.45, 7) is 9.94. The van der Waals surface area contributed by atoms with Crippen LogP contribution in [-0.2, 0) is 6.54 Å². The van der Waals surface area contributed by atoms with Crippen LogP contribution in [0.25, 0.3) is 0 Å². The first kappa shape index (κ1) is 9.30. The molecule has 0 bridgehead atoms. The summed E-state index contributed by atoms with van der Waals surface area (Å²) in [7, 11) is 0. The van der Waals surface area contributed by atoms with E-state index in [-0.39, 0.29) is 0 Å². The predicted molar refractivity (Wildman–Crippen MR) is 50.0 cm³/mol. The lowest BCUT2D eigenvalue weighted by atomic mass is 10.4. The molecule has 0 amide bonds. The Morgan fingerprint density at radius 3 is 2.58 bits per heavy atom. The zero-order valence-electron chi connectivity index (χ0n) is 8.54. The van der Waals surface area contributed by atoms with Crippen LogP contribution in [0.1, 0.15) is 39.1 Å². The minimum absolute atomic E-state index is 0.572. The molecule has 0 aromatic carbocycles. The molecular weight excluding hydrogens is 148 g/mol. The number of nitrogens with zero attached hydrogens (tertiary/aromatic N) is 2. The van der Waals surface area contributed by atoms with Crippen LogP contribution >= 0.6 is 0 Å². The van der Waals surface area contributed by atoms with E-state index in [1.165, 1.54) is 12.2 Å². The highest BCUT2D eigenvalue weighted by Gasteiger charge is 2.12. The van der Waals surface area contributed by atoms with Gasteiger partial charge in [-0.05, 0) is 20.3 Å². The first-order chi connectivity index (χ1) is 5.66. The second-order valence-electron chi connectivity index (χ2n) is 3.54. The molecule has 0 aliphatic carbocycles. The van der Waals surface area contributed by atoms with Crippen LogP contribution < -0.4 is 4.57 Å². The predicted octanol–water partition coefficient (Wildman–Crippen LogP) is 2.07. The van der Waals surface area contributed by atoms with Gasteiger partial charge < -0.3 is 0 Å². The lowest BCUT2D eigenvalue weighted by Crippen LogP contribution is -2.35. The normalized spacial score (nSPS) is 11.1. The average Bonchev–Trinajstić information content (AvgIpc) is 2.34. The smallest absolute Gasteiger partial charge is 0.234 e. The van der Waals surface area contributed by atoms with Crippen molar-refractivity contribution in [3.05, 3.63) is 18.2 Å².